The lowest BCUT2D eigenvalue weighted by Gasteiger charge is -2.18. The summed E-state index contributed by atoms with van der Waals surface area (Å²) < 4.78 is 1.11. The molecule has 1 fully saturated rings. The Hall–Kier alpha value is -0.410. The Morgan fingerprint density at radius 2 is 2.23 bits per heavy atom. The molecule has 2 unspecified atom stereocenters. The summed E-state index contributed by atoms with van der Waals surface area (Å²) in [5, 5.41) is 3.29. The number of fused-ring (bicyclic) bond motifs is 3. The van der Waals surface area contributed by atoms with Gasteiger partial charge >= 0.3 is 0 Å². The Morgan fingerprint density at radius 3 is 3.08 bits per heavy atom. The van der Waals surface area contributed by atoms with Gasteiger partial charge in [-0.1, -0.05) is 34.2 Å². The Bertz CT molecular complexity index is 402. The molecule has 1 heterocycles. The number of benzene rings is 1. The number of thiocarbonyl (C=S) groups is 1. The molecule has 3 rings (SSSR count). The van der Waals surface area contributed by atoms with E-state index in [1.54, 1.807) is 0 Å². The van der Waals surface area contributed by atoms with E-state index in [-0.39, 0.29) is 0 Å². The summed E-state index contributed by atoms with van der Waals surface area (Å²) in [6.07, 6.45) is 1.24. The SMILES string of the molecule is S=C1Nc2cc(Br)ccc2C2CC12. The minimum absolute atomic E-state index is 0.628. The van der Waals surface area contributed by atoms with Crippen LogP contribution in [0, 0.1) is 5.92 Å². The molecule has 2 atom stereocenters. The van der Waals surface area contributed by atoms with Gasteiger partial charge in [-0.25, -0.2) is 0 Å². The van der Waals surface area contributed by atoms with Crippen LogP contribution in [0.3, 0.4) is 0 Å². The zero-order valence-corrected chi connectivity index (χ0v) is 9.28. The van der Waals surface area contributed by atoms with Crippen LogP contribution in [-0.4, -0.2) is 4.99 Å². The molecule has 0 aromatic heterocycles. The van der Waals surface area contributed by atoms with Crippen molar-refractivity contribution in [2.75, 3.05) is 5.32 Å². The van der Waals surface area contributed by atoms with E-state index in [0.29, 0.717) is 11.8 Å². The summed E-state index contributed by atoms with van der Waals surface area (Å²) in [6.45, 7) is 0. The van der Waals surface area contributed by atoms with Crippen molar-refractivity contribution in [3.63, 3.8) is 0 Å². The summed E-state index contributed by atoms with van der Waals surface area (Å²) in [6, 6.07) is 6.40. The fourth-order valence-corrected chi connectivity index (χ4v) is 2.75. The van der Waals surface area contributed by atoms with Crippen LogP contribution in [0.1, 0.15) is 17.9 Å². The lowest BCUT2D eigenvalue weighted by Crippen LogP contribution is -2.17. The van der Waals surface area contributed by atoms with Crippen LogP contribution in [0.2, 0.25) is 0 Å². The van der Waals surface area contributed by atoms with Crippen molar-refractivity contribution < 1.29 is 0 Å². The Labute approximate surface area is 90.7 Å². The molecule has 1 saturated carbocycles. The van der Waals surface area contributed by atoms with Crippen LogP contribution in [0.15, 0.2) is 22.7 Å². The quantitative estimate of drug-likeness (QED) is 0.713. The smallest absolute Gasteiger partial charge is 0.0835 e. The first-order chi connectivity index (χ1) is 6.25. The largest absolute Gasteiger partial charge is 0.350 e. The molecule has 66 valence electrons. The fraction of sp³-hybridized carbons (Fsp3) is 0.300. The lowest BCUT2D eigenvalue weighted by molar-refractivity contribution is 1.04. The third-order valence-electron chi connectivity index (χ3n) is 2.80. The van der Waals surface area contributed by atoms with Crippen LogP contribution in [0.25, 0.3) is 0 Å². The van der Waals surface area contributed by atoms with Crippen molar-refractivity contribution in [1.82, 2.24) is 0 Å². The number of nitrogens with one attached hydrogen (secondary N) is 1. The topological polar surface area (TPSA) is 12.0 Å². The molecular weight excluding hydrogens is 246 g/mol. The molecule has 1 aromatic carbocycles. The molecule has 13 heavy (non-hydrogen) atoms. The first kappa shape index (κ1) is 7.94. The van der Waals surface area contributed by atoms with Gasteiger partial charge in [0.05, 0.1) is 4.99 Å². The van der Waals surface area contributed by atoms with Crippen molar-refractivity contribution in [2.45, 2.75) is 12.3 Å². The van der Waals surface area contributed by atoms with Crippen molar-refractivity contribution in [1.29, 1.82) is 0 Å². The number of hydrogen-bond donors (Lipinski definition) is 1. The predicted molar refractivity (Wildman–Crippen MR) is 61.2 cm³/mol. The third-order valence-corrected chi connectivity index (χ3v) is 3.70. The molecule has 1 N–H and O–H groups in total. The maximum Gasteiger partial charge on any atom is 0.0835 e. The maximum atomic E-state index is 5.26. The molecular formula is C10H8BrNS. The van der Waals surface area contributed by atoms with E-state index < -0.39 is 0 Å². The average Bonchev–Trinajstić information content (AvgIpc) is 2.83. The van der Waals surface area contributed by atoms with Gasteiger partial charge < -0.3 is 5.32 Å². The third kappa shape index (κ3) is 1.14. The van der Waals surface area contributed by atoms with Gasteiger partial charge in [0, 0.05) is 16.1 Å². The van der Waals surface area contributed by atoms with Crippen molar-refractivity contribution in [3.05, 3.63) is 28.2 Å². The van der Waals surface area contributed by atoms with Gasteiger partial charge in [-0.2, -0.15) is 0 Å². The fourth-order valence-electron chi connectivity index (χ4n) is 2.01. The van der Waals surface area contributed by atoms with Gasteiger partial charge in [-0.3, -0.25) is 0 Å². The molecule has 0 saturated heterocycles. The molecule has 0 bridgehead atoms. The summed E-state index contributed by atoms with van der Waals surface area (Å²) in [5.74, 6) is 1.33. The monoisotopic (exact) mass is 253 g/mol. The summed E-state index contributed by atoms with van der Waals surface area (Å²) in [4.78, 5) is 1.02. The summed E-state index contributed by atoms with van der Waals surface area (Å²) >= 11 is 8.72. The van der Waals surface area contributed by atoms with Gasteiger partial charge in [-0.05, 0) is 30.0 Å². The predicted octanol–water partition coefficient (Wildman–Crippen LogP) is 3.31. The highest BCUT2D eigenvalue weighted by molar-refractivity contribution is 9.10. The van der Waals surface area contributed by atoms with Crippen LogP contribution < -0.4 is 5.32 Å². The molecule has 0 spiro atoms. The number of anilines is 1. The highest BCUT2D eigenvalue weighted by Crippen LogP contribution is 2.54. The van der Waals surface area contributed by atoms with E-state index in [4.69, 9.17) is 12.2 Å². The number of hydrogen-bond acceptors (Lipinski definition) is 1. The van der Waals surface area contributed by atoms with Gasteiger partial charge in [0.25, 0.3) is 0 Å². The zero-order valence-electron chi connectivity index (χ0n) is 6.88. The first-order valence-electron chi connectivity index (χ1n) is 4.36. The minimum Gasteiger partial charge on any atom is -0.350 e. The van der Waals surface area contributed by atoms with E-state index in [1.807, 2.05) is 0 Å². The summed E-state index contributed by atoms with van der Waals surface area (Å²) in [5.41, 5.74) is 2.62. The van der Waals surface area contributed by atoms with E-state index >= 15 is 0 Å². The van der Waals surface area contributed by atoms with E-state index in [9.17, 15) is 0 Å². The Balaban J connectivity index is 2.14. The van der Waals surface area contributed by atoms with Crippen LogP contribution in [0.5, 0.6) is 0 Å². The van der Waals surface area contributed by atoms with E-state index in [0.717, 1.165) is 9.46 Å². The molecule has 3 heteroatoms. The number of rotatable bonds is 0. The minimum atomic E-state index is 0.628. The van der Waals surface area contributed by atoms with Crippen LogP contribution in [-0.2, 0) is 0 Å². The van der Waals surface area contributed by atoms with E-state index in [1.165, 1.54) is 17.7 Å². The second-order valence-electron chi connectivity index (χ2n) is 3.67. The van der Waals surface area contributed by atoms with E-state index in [2.05, 4.69) is 39.4 Å². The molecule has 0 amide bonds. The van der Waals surface area contributed by atoms with Crippen LogP contribution in [0.4, 0.5) is 5.69 Å². The normalized spacial score (nSPS) is 28.8. The molecule has 2 aliphatic rings. The highest BCUT2D eigenvalue weighted by atomic mass is 79.9. The second kappa shape index (κ2) is 2.55. The second-order valence-corrected chi connectivity index (χ2v) is 5.03. The number of halogens is 1. The van der Waals surface area contributed by atoms with Gasteiger partial charge in [0.2, 0.25) is 0 Å². The Morgan fingerprint density at radius 1 is 1.38 bits per heavy atom. The van der Waals surface area contributed by atoms with Gasteiger partial charge in [-0.15, -0.1) is 0 Å². The van der Waals surface area contributed by atoms with Crippen molar-refractivity contribution >= 4 is 38.8 Å². The molecule has 1 aromatic rings. The van der Waals surface area contributed by atoms with Crippen molar-refractivity contribution in [3.8, 4) is 0 Å². The first-order valence-corrected chi connectivity index (χ1v) is 5.56. The average molecular weight is 254 g/mol. The van der Waals surface area contributed by atoms with Gasteiger partial charge in [0.1, 0.15) is 0 Å². The molecule has 1 aliphatic carbocycles. The zero-order chi connectivity index (χ0) is 9.00. The molecule has 1 nitrogen and oxygen atoms in total. The lowest BCUT2D eigenvalue weighted by atomic mass is 10.0. The van der Waals surface area contributed by atoms with Crippen LogP contribution >= 0.6 is 28.1 Å². The Kier molecular flexibility index (Phi) is 1.56. The highest BCUT2D eigenvalue weighted by Gasteiger charge is 2.45. The standard InChI is InChI=1S/C10H8BrNS/c11-5-1-2-6-7-4-8(7)10(13)12-9(6)3-5/h1-3,7-8H,4H2,(H,12,13). The van der Waals surface area contributed by atoms with Crippen molar-refractivity contribution in [2.24, 2.45) is 5.92 Å². The molecule has 1 aliphatic heterocycles. The maximum absolute atomic E-state index is 5.26. The molecule has 0 radical (unpaired) electrons. The summed E-state index contributed by atoms with van der Waals surface area (Å²) in [7, 11) is 0. The van der Waals surface area contributed by atoms with Gasteiger partial charge in [0.15, 0.2) is 0 Å².